The fraction of sp³-hybridized carbons (Fsp3) is 0.176. The predicted octanol–water partition coefficient (Wildman–Crippen LogP) is 4.28. The average Bonchev–Trinajstić information content (AvgIpc) is 2.99. The van der Waals surface area contributed by atoms with Crippen molar-refractivity contribution >= 4 is 10.8 Å². The number of hydrogen-bond acceptors (Lipinski definition) is 2. The first-order valence-electron chi connectivity index (χ1n) is 6.57. The summed E-state index contributed by atoms with van der Waals surface area (Å²) in [5, 5.41) is 6.04. The van der Waals surface area contributed by atoms with Crippen LogP contribution in [0.2, 0.25) is 0 Å². The van der Waals surface area contributed by atoms with Crippen LogP contribution in [0.3, 0.4) is 0 Å². The number of nitrogens with one attached hydrogen (secondary N) is 1. The summed E-state index contributed by atoms with van der Waals surface area (Å²) < 4.78 is 5.39. The van der Waals surface area contributed by atoms with E-state index in [0.29, 0.717) is 0 Å². The van der Waals surface area contributed by atoms with Gasteiger partial charge in [0.05, 0.1) is 12.3 Å². The molecule has 2 aromatic carbocycles. The van der Waals surface area contributed by atoms with Crippen molar-refractivity contribution in [3.8, 4) is 0 Å². The molecule has 0 aliphatic heterocycles. The second kappa shape index (κ2) is 5.29. The molecule has 0 amide bonds. The molecule has 0 saturated heterocycles. The van der Waals surface area contributed by atoms with Crippen LogP contribution < -0.4 is 5.32 Å². The van der Waals surface area contributed by atoms with E-state index < -0.39 is 0 Å². The SMILES string of the molecule is CC(NCc1ccc2ccccc2c1)c1ccco1. The summed E-state index contributed by atoms with van der Waals surface area (Å²) in [5.41, 5.74) is 1.29. The smallest absolute Gasteiger partial charge is 0.120 e. The molecule has 0 fully saturated rings. The molecule has 0 spiro atoms. The topological polar surface area (TPSA) is 25.2 Å². The number of benzene rings is 2. The van der Waals surface area contributed by atoms with Gasteiger partial charge in [0.25, 0.3) is 0 Å². The highest BCUT2D eigenvalue weighted by Crippen LogP contribution is 2.17. The molecule has 1 atom stereocenters. The first-order chi connectivity index (χ1) is 9.33. The Labute approximate surface area is 113 Å². The van der Waals surface area contributed by atoms with E-state index in [2.05, 4.69) is 54.7 Å². The standard InChI is InChI=1S/C17H17NO/c1-13(17-7-4-10-19-17)18-12-14-8-9-15-5-2-3-6-16(15)11-14/h2-11,13,18H,12H2,1H3. The van der Waals surface area contributed by atoms with Gasteiger partial charge in [-0.2, -0.15) is 0 Å². The fourth-order valence-corrected chi connectivity index (χ4v) is 2.26. The van der Waals surface area contributed by atoms with Crippen LogP contribution in [-0.2, 0) is 6.54 Å². The highest BCUT2D eigenvalue weighted by molar-refractivity contribution is 5.82. The molecule has 0 aliphatic rings. The van der Waals surface area contributed by atoms with Crippen molar-refractivity contribution in [1.29, 1.82) is 0 Å². The lowest BCUT2D eigenvalue weighted by molar-refractivity contribution is 0.430. The number of rotatable bonds is 4. The van der Waals surface area contributed by atoms with Crippen molar-refractivity contribution < 1.29 is 4.42 Å². The Kier molecular flexibility index (Phi) is 3.34. The summed E-state index contributed by atoms with van der Waals surface area (Å²) in [7, 11) is 0. The minimum atomic E-state index is 0.224. The maximum atomic E-state index is 5.39. The van der Waals surface area contributed by atoms with Gasteiger partial charge in [0.2, 0.25) is 0 Å². The zero-order chi connectivity index (χ0) is 13.1. The molecule has 0 bridgehead atoms. The summed E-state index contributed by atoms with van der Waals surface area (Å²) >= 11 is 0. The van der Waals surface area contributed by atoms with E-state index in [4.69, 9.17) is 4.42 Å². The molecular weight excluding hydrogens is 234 g/mol. The van der Waals surface area contributed by atoms with Crippen molar-refractivity contribution in [1.82, 2.24) is 5.32 Å². The van der Waals surface area contributed by atoms with Gasteiger partial charge in [-0.05, 0) is 41.5 Å². The summed E-state index contributed by atoms with van der Waals surface area (Å²) in [4.78, 5) is 0. The van der Waals surface area contributed by atoms with Gasteiger partial charge in [0.15, 0.2) is 0 Å². The fourth-order valence-electron chi connectivity index (χ4n) is 2.26. The van der Waals surface area contributed by atoms with Gasteiger partial charge in [0.1, 0.15) is 5.76 Å². The molecule has 1 heterocycles. The van der Waals surface area contributed by atoms with Crippen molar-refractivity contribution in [3.63, 3.8) is 0 Å². The Hall–Kier alpha value is -2.06. The molecular formula is C17H17NO. The van der Waals surface area contributed by atoms with Crippen molar-refractivity contribution in [3.05, 3.63) is 72.2 Å². The maximum absolute atomic E-state index is 5.39. The molecule has 1 unspecified atom stereocenters. The van der Waals surface area contributed by atoms with E-state index in [1.165, 1.54) is 16.3 Å². The van der Waals surface area contributed by atoms with Gasteiger partial charge in [-0.25, -0.2) is 0 Å². The van der Waals surface area contributed by atoms with Crippen LogP contribution in [0.4, 0.5) is 0 Å². The first kappa shape index (κ1) is 12.0. The van der Waals surface area contributed by atoms with Gasteiger partial charge in [0, 0.05) is 6.54 Å². The van der Waals surface area contributed by atoms with Crippen LogP contribution in [0.5, 0.6) is 0 Å². The zero-order valence-corrected chi connectivity index (χ0v) is 11.0. The summed E-state index contributed by atoms with van der Waals surface area (Å²) in [6, 6.07) is 19.1. The van der Waals surface area contributed by atoms with E-state index in [-0.39, 0.29) is 6.04 Å². The van der Waals surface area contributed by atoms with E-state index in [1.54, 1.807) is 6.26 Å². The largest absolute Gasteiger partial charge is 0.468 e. The lowest BCUT2D eigenvalue weighted by atomic mass is 10.1. The molecule has 0 saturated carbocycles. The van der Waals surface area contributed by atoms with Crippen LogP contribution in [0.15, 0.2) is 65.3 Å². The highest BCUT2D eigenvalue weighted by Gasteiger charge is 2.07. The Bertz CT molecular complexity index is 658. The predicted molar refractivity (Wildman–Crippen MR) is 77.9 cm³/mol. The molecule has 3 rings (SSSR count). The molecule has 3 aromatic rings. The second-order valence-electron chi connectivity index (χ2n) is 4.80. The summed E-state index contributed by atoms with van der Waals surface area (Å²) in [6.07, 6.45) is 1.71. The second-order valence-corrected chi connectivity index (χ2v) is 4.80. The molecule has 1 N–H and O–H groups in total. The van der Waals surface area contributed by atoms with Crippen molar-refractivity contribution in [2.45, 2.75) is 19.5 Å². The lowest BCUT2D eigenvalue weighted by Gasteiger charge is -2.11. The Morgan fingerprint density at radius 3 is 2.63 bits per heavy atom. The molecule has 2 heteroatoms. The molecule has 0 aliphatic carbocycles. The van der Waals surface area contributed by atoms with Gasteiger partial charge in [-0.1, -0.05) is 36.4 Å². The third kappa shape index (κ3) is 2.69. The van der Waals surface area contributed by atoms with Gasteiger partial charge < -0.3 is 9.73 Å². The third-order valence-electron chi connectivity index (χ3n) is 3.40. The van der Waals surface area contributed by atoms with Crippen LogP contribution in [0.25, 0.3) is 10.8 Å². The van der Waals surface area contributed by atoms with E-state index >= 15 is 0 Å². The van der Waals surface area contributed by atoms with Crippen LogP contribution in [0, 0.1) is 0 Å². The molecule has 2 nitrogen and oxygen atoms in total. The lowest BCUT2D eigenvalue weighted by Crippen LogP contribution is -2.17. The van der Waals surface area contributed by atoms with Crippen LogP contribution in [0.1, 0.15) is 24.3 Å². The van der Waals surface area contributed by atoms with Crippen LogP contribution in [-0.4, -0.2) is 0 Å². The van der Waals surface area contributed by atoms with Gasteiger partial charge in [-0.3, -0.25) is 0 Å². The average molecular weight is 251 g/mol. The minimum Gasteiger partial charge on any atom is -0.468 e. The van der Waals surface area contributed by atoms with Crippen molar-refractivity contribution in [2.75, 3.05) is 0 Å². The van der Waals surface area contributed by atoms with Crippen molar-refractivity contribution in [2.24, 2.45) is 0 Å². The van der Waals surface area contributed by atoms with E-state index in [9.17, 15) is 0 Å². The number of hydrogen-bond donors (Lipinski definition) is 1. The third-order valence-corrected chi connectivity index (χ3v) is 3.40. The molecule has 19 heavy (non-hydrogen) atoms. The Balaban J connectivity index is 1.71. The van der Waals surface area contributed by atoms with E-state index in [1.807, 2.05) is 12.1 Å². The van der Waals surface area contributed by atoms with Crippen LogP contribution >= 0.6 is 0 Å². The minimum absolute atomic E-state index is 0.224. The molecule has 0 radical (unpaired) electrons. The summed E-state index contributed by atoms with van der Waals surface area (Å²) in [6.45, 7) is 2.95. The zero-order valence-electron chi connectivity index (χ0n) is 11.0. The normalized spacial score (nSPS) is 12.7. The van der Waals surface area contributed by atoms with E-state index in [0.717, 1.165) is 12.3 Å². The Morgan fingerprint density at radius 2 is 1.84 bits per heavy atom. The molecule has 96 valence electrons. The van der Waals surface area contributed by atoms with Gasteiger partial charge >= 0.3 is 0 Å². The summed E-state index contributed by atoms with van der Waals surface area (Å²) in [5.74, 6) is 0.973. The quantitative estimate of drug-likeness (QED) is 0.748. The maximum Gasteiger partial charge on any atom is 0.120 e. The monoisotopic (exact) mass is 251 g/mol. The Morgan fingerprint density at radius 1 is 1.00 bits per heavy atom. The first-order valence-corrected chi connectivity index (χ1v) is 6.57. The highest BCUT2D eigenvalue weighted by atomic mass is 16.3. The number of furan rings is 1. The van der Waals surface area contributed by atoms with Gasteiger partial charge in [-0.15, -0.1) is 0 Å². The number of fused-ring (bicyclic) bond motifs is 1. The molecule has 1 aromatic heterocycles.